The summed E-state index contributed by atoms with van der Waals surface area (Å²) in [5.74, 6) is 0. The maximum absolute atomic E-state index is 11.6. The van der Waals surface area contributed by atoms with Gasteiger partial charge < -0.3 is 0 Å². The van der Waals surface area contributed by atoms with Crippen molar-refractivity contribution in [3.8, 4) is 0 Å². The molecule has 0 radical (unpaired) electrons. The Morgan fingerprint density at radius 3 is 2.67 bits per heavy atom. The highest BCUT2D eigenvalue weighted by atomic mass is 35.5. The first-order valence-corrected chi connectivity index (χ1v) is 5.44. The summed E-state index contributed by atoms with van der Waals surface area (Å²) in [5, 5.41) is 10.1. The van der Waals surface area contributed by atoms with Crippen LogP contribution in [0.5, 0.6) is 0 Å². The van der Waals surface area contributed by atoms with Gasteiger partial charge in [0.1, 0.15) is 5.69 Å². The Morgan fingerprint density at radius 2 is 2.00 bits per heavy atom. The number of benzene rings is 1. The lowest BCUT2D eigenvalue weighted by Crippen LogP contribution is -2.35. The Bertz CT molecular complexity index is 700. The van der Waals surface area contributed by atoms with Gasteiger partial charge in [-0.15, -0.1) is 4.68 Å². The lowest BCUT2D eigenvalue weighted by molar-refractivity contribution is 0.694. The van der Waals surface area contributed by atoms with E-state index in [-0.39, 0.29) is 5.69 Å². The van der Waals surface area contributed by atoms with Crippen molar-refractivity contribution in [3.63, 3.8) is 0 Å². The van der Waals surface area contributed by atoms with Crippen molar-refractivity contribution in [1.29, 1.82) is 0 Å². The van der Waals surface area contributed by atoms with E-state index in [4.69, 9.17) is 11.6 Å². The van der Waals surface area contributed by atoms with Gasteiger partial charge in [-0.25, -0.2) is 9.89 Å². The number of hydrogen-bond acceptors (Lipinski definition) is 4. The molecule has 0 aliphatic heterocycles. The molecule has 6 nitrogen and oxygen atoms in total. The van der Waals surface area contributed by atoms with E-state index in [2.05, 4.69) is 15.3 Å². The van der Waals surface area contributed by atoms with Crippen LogP contribution in [0.25, 0.3) is 0 Å². The minimum absolute atomic E-state index is 0.169. The number of aromatic nitrogens is 3. The second kappa shape index (κ2) is 4.97. The number of rotatable bonds is 2. The molecule has 18 heavy (non-hydrogen) atoms. The van der Waals surface area contributed by atoms with E-state index < -0.39 is 11.2 Å². The fraction of sp³-hybridized carbons (Fsp3) is 0.0909. The van der Waals surface area contributed by atoms with Gasteiger partial charge in [0.25, 0.3) is 5.56 Å². The minimum Gasteiger partial charge on any atom is -0.265 e. The first kappa shape index (κ1) is 12.3. The van der Waals surface area contributed by atoms with E-state index in [0.29, 0.717) is 5.02 Å². The molecule has 0 aliphatic carbocycles. The first-order valence-electron chi connectivity index (χ1n) is 5.06. The van der Waals surface area contributed by atoms with Gasteiger partial charge in [0.15, 0.2) is 0 Å². The molecule has 0 bridgehead atoms. The second-order valence-electron chi connectivity index (χ2n) is 3.53. The molecule has 0 aliphatic rings. The number of aryl methyl sites for hydroxylation is 1. The predicted molar refractivity (Wildman–Crippen MR) is 68.3 cm³/mol. The van der Waals surface area contributed by atoms with Gasteiger partial charge in [-0.05, 0) is 24.6 Å². The third-order valence-corrected chi connectivity index (χ3v) is 2.46. The van der Waals surface area contributed by atoms with Crippen LogP contribution in [0.15, 0.2) is 39.0 Å². The second-order valence-corrected chi connectivity index (χ2v) is 3.96. The van der Waals surface area contributed by atoms with E-state index >= 15 is 0 Å². The molecule has 1 aromatic heterocycles. The molecule has 0 saturated carbocycles. The standard InChI is InChI=1S/C11H9ClN4O2/c1-7-10(17)16(11(18)15-14-7)13-6-8-2-4-9(12)5-3-8/h2-6H,1H3,(H,15,18). The summed E-state index contributed by atoms with van der Waals surface area (Å²) in [7, 11) is 0. The quantitative estimate of drug-likeness (QED) is 0.814. The number of H-pyrrole nitrogens is 1. The lowest BCUT2D eigenvalue weighted by atomic mass is 10.2. The third-order valence-electron chi connectivity index (χ3n) is 2.21. The van der Waals surface area contributed by atoms with Crippen molar-refractivity contribution in [1.82, 2.24) is 14.9 Å². The van der Waals surface area contributed by atoms with E-state index in [1.54, 1.807) is 24.3 Å². The van der Waals surface area contributed by atoms with E-state index in [9.17, 15) is 9.59 Å². The van der Waals surface area contributed by atoms with Crippen LogP contribution in [0.4, 0.5) is 0 Å². The Labute approximate surface area is 107 Å². The molecule has 2 rings (SSSR count). The Balaban J connectivity index is 2.41. The molecule has 0 saturated heterocycles. The van der Waals surface area contributed by atoms with Crippen molar-refractivity contribution < 1.29 is 0 Å². The summed E-state index contributed by atoms with van der Waals surface area (Å²) >= 11 is 5.74. The van der Waals surface area contributed by atoms with Crippen molar-refractivity contribution in [2.45, 2.75) is 6.92 Å². The van der Waals surface area contributed by atoms with Gasteiger partial charge >= 0.3 is 5.69 Å². The molecule has 92 valence electrons. The zero-order valence-corrected chi connectivity index (χ0v) is 10.2. The SMILES string of the molecule is Cc1n[nH]c(=O)n(N=Cc2ccc(Cl)cc2)c1=O. The van der Waals surface area contributed by atoms with Crippen molar-refractivity contribution in [3.05, 3.63) is 61.4 Å². The average molecular weight is 265 g/mol. The van der Waals surface area contributed by atoms with Crippen LogP contribution in [0.2, 0.25) is 5.02 Å². The molecule has 0 spiro atoms. The monoisotopic (exact) mass is 264 g/mol. The smallest absolute Gasteiger partial charge is 0.265 e. The fourth-order valence-electron chi connectivity index (χ4n) is 1.25. The molecular weight excluding hydrogens is 256 g/mol. The van der Waals surface area contributed by atoms with Crippen LogP contribution in [0, 0.1) is 6.92 Å². The van der Waals surface area contributed by atoms with Gasteiger partial charge in [0.05, 0.1) is 6.21 Å². The molecule has 7 heteroatoms. The number of aromatic amines is 1. The number of nitrogens with one attached hydrogen (secondary N) is 1. The topological polar surface area (TPSA) is 80.1 Å². The van der Waals surface area contributed by atoms with Gasteiger partial charge in [0, 0.05) is 5.02 Å². The van der Waals surface area contributed by atoms with E-state index in [1.807, 2.05) is 0 Å². The lowest BCUT2D eigenvalue weighted by Gasteiger charge is -1.97. The highest BCUT2D eigenvalue weighted by Crippen LogP contribution is 2.07. The summed E-state index contributed by atoms with van der Waals surface area (Å²) in [6.07, 6.45) is 1.40. The Hall–Kier alpha value is -2.21. The molecular formula is C11H9ClN4O2. The molecule has 0 amide bonds. The minimum atomic E-state index is -0.684. The van der Waals surface area contributed by atoms with Gasteiger partial charge in [-0.3, -0.25) is 4.79 Å². The van der Waals surface area contributed by atoms with E-state index in [0.717, 1.165) is 10.2 Å². The Kier molecular flexibility index (Phi) is 3.38. The van der Waals surface area contributed by atoms with Crippen LogP contribution in [-0.2, 0) is 0 Å². The predicted octanol–water partition coefficient (Wildman–Crippen LogP) is 0.776. The summed E-state index contributed by atoms with van der Waals surface area (Å²) in [6, 6.07) is 6.82. The van der Waals surface area contributed by atoms with Crippen LogP contribution in [0.1, 0.15) is 11.3 Å². The average Bonchev–Trinajstić information content (AvgIpc) is 2.36. The molecule has 1 heterocycles. The maximum Gasteiger partial charge on any atom is 0.365 e. The molecule has 0 unspecified atom stereocenters. The van der Waals surface area contributed by atoms with Gasteiger partial charge in [-0.2, -0.15) is 10.2 Å². The normalized spacial score (nSPS) is 11.0. The summed E-state index contributed by atoms with van der Waals surface area (Å²) in [6.45, 7) is 1.49. The highest BCUT2D eigenvalue weighted by molar-refractivity contribution is 6.30. The molecule has 1 aromatic carbocycles. The maximum atomic E-state index is 11.6. The first-order chi connectivity index (χ1) is 8.58. The van der Waals surface area contributed by atoms with Gasteiger partial charge in [0.2, 0.25) is 0 Å². The number of hydrogen-bond donors (Lipinski definition) is 1. The van der Waals surface area contributed by atoms with Gasteiger partial charge in [-0.1, -0.05) is 23.7 Å². The summed E-state index contributed by atoms with van der Waals surface area (Å²) in [5.41, 5.74) is -0.345. The van der Waals surface area contributed by atoms with Crippen LogP contribution in [-0.4, -0.2) is 21.1 Å². The fourth-order valence-corrected chi connectivity index (χ4v) is 1.38. The molecule has 0 atom stereocenters. The highest BCUT2D eigenvalue weighted by Gasteiger charge is 2.02. The summed E-state index contributed by atoms with van der Waals surface area (Å²) < 4.78 is 0.719. The number of halogens is 1. The zero-order chi connectivity index (χ0) is 13.1. The molecule has 0 fully saturated rings. The van der Waals surface area contributed by atoms with Crippen molar-refractivity contribution in [2.24, 2.45) is 5.10 Å². The zero-order valence-electron chi connectivity index (χ0n) is 9.42. The molecule has 2 aromatic rings. The number of nitrogens with zero attached hydrogens (tertiary/aromatic N) is 3. The molecule has 1 N–H and O–H groups in total. The Morgan fingerprint density at radius 1 is 1.33 bits per heavy atom. The van der Waals surface area contributed by atoms with Crippen LogP contribution >= 0.6 is 11.6 Å². The summed E-state index contributed by atoms with van der Waals surface area (Å²) in [4.78, 5) is 23.0. The third kappa shape index (κ3) is 2.54. The van der Waals surface area contributed by atoms with Crippen molar-refractivity contribution in [2.75, 3.05) is 0 Å². The van der Waals surface area contributed by atoms with Crippen molar-refractivity contribution >= 4 is 17.8 Å². The van der Waals surface area contributed by atoms with E-state index in [1.165, 1.54) is 13.1 Å². The van der Waals surface area contributed by atoms with Crippen LogP contribution < -0.4 is 11.2 Å². The largest absolute Gasteiger partial charge is 0.365 e. The van der Waals surface area contributed by atoms with Crippen LogP contribution in [0.3, 0.4) is 0 Å².